The van der Waals surface area contributed by atoms with Gasteiger partial charge >= 0.3 is 0 Å². The van der Waals surface area contributed by atoms with Crippen LogP contribution in [-0.2, 0) is 4.79 Å². The number of halogens is 1. The third kappa shape index (κ3) is 5.26. The molecular formula is C22H21BrN2O4. The summed E-state index contributed by atoms with van der Waals surface area (Å²) in [6.45, 7) is 5.26. The fraction of sp³-hybridized carbons (Fsp3) is 0.182. The van der Waals surface area contributed by atoms with Crippen molar-refractivity contribution >= 4 is 39.1 Å². The van der Waals surface area contributed by atoms with Crippen LogP contribution in [0.3, 0.4) is 0 Å². The van der Waals surface area contributed by atoms with Gasteiger partial charge in [0.2, 0.25) is 0 Å². The van der Waals surface area contributed by atoms with Crippen molar-refractivity contribution in [3.05, 3.63) is 76.7 Å². The zero-order valence-corrected chi connectivity index (χ0v) is 17.9. The van der Waals surface area contributed by atoms with Crippen molar-refractivity contribution in [2.45, 2.75) is 26.4 Å². The van der Waals surface area contributed by atoms with Crippen LogP contribution >= 0.6 is 15.9 Å². The number of aryl methyl sites for hydroxylation is 1. The third-order valence-corrected chi connectivity index (χ3v) is 4.75. The average molecular weight is 457 g/mol. The molecule has 1 heterocycles. The molecule has 29 heavy (non-hydrogen) atoms. The molecule has 3 rings (SSSR count). The fourth-order valence-corrected chi connectivity index (χ4v) is 2.82. The van der Waals surface area contributed by atoms with Gasteiger partial charge in [-0.3, -0.25) is 9.59 Å². The van der Waals surface area contributed by atoms with Gasteiger partial charge in [-0.25, -0.2) is 0 Å². The number of hydrogen-bond acceptors (Lipinski definition) is 4. The molecule has 7 heteroatoms. The highest BCUT2D eigenvalue weighted by atomic mass is 79.9. The molecule has 0 aliphatic heterocycles. The summed E-state index contributed by atoms with van der Waals surface area (Å²) < 4.78 is 11.9. The molecule has 0 unspecified atom stereocenters. The van der Waals surface area contributed by atoms with Crippen molar-refractivity contribution in [3.8, 4) is 5.75 Å². The van der Waals surface area contributed by atoms with Crippen molar-refractivity contribution in [1.82, 2.24) is 0 Å². The zero-order valence-electron chi connectivity index (χ0n) is 16.3. The Morgan fingerprint density at radius 1 is 1.03 bits per heavy atom. The Morgan fingerprint density at radius 3 is 2.41 bits per heavy atom. The van der Waals surface area contributed by atoms with Crippen LogP contribution in [0.4, 0.5) is 11.4 Å². The monoisotopic (exact) mass is 456 g/mol. The lowest BCUT2D eigenvalue weighted by Crippen LogP contribution is -2.42. The highest BCUT2D eigenvalue weighted by Crippen LogP contribution is 2.25. The van der Waals surface area contributed by atoms with E-state index in [0.29, 0.717) is 17.1 Å². The van der Waals surface area contributed by atoms with Gasteiger partial charge in [0.15, 0.2) is 11.4 Å². The van der Waals surface area contributed by atoms with E-state index in [0.717, 1.165) is 10.0 Å². The van der Waals surface area contributed by atoms with Gasteiger partial charge in [-0.15, -0.1) is 0 Å². The number of anilines is 2. The van der Waals surface area contributed by atoms with Crippen molar-refractivity contribution < 1.29 is 18.7 Å². The Bertz CT molecular complexity index is 1010. The van der Waals surface area contributed by atoms with Crippen LogP contribution in [0, 0.1) is 6.92 Å². The summed E-state index contributed by atoms with van der Waals surface area (Å²) in [6.07, 6.45) is 1.43. The van der Waals surface area contributed by atoms with E-state index in [1.165, 1.54) is 6.26 Å². The Hall–Kier alpha value is -3.06. The molecule has 150 valence electrons. The smallest absolute Gasteiger partial charge is 0.291 e. The molecule has 1 aromatic heterocycles. The van der Waals surface area contributed by atoms with E-state index in [1.54, 1.807) is 50.2 Å². The summed E-state index contributed by atoms with van der Waals surface area (Å²) in [7, 11) is 0. The Kier molecular flexibility index (Phi) is 6.08. The van der Waals surface area contributed by atoms with E-state index in [4.69, 9.17) is 9.15 Å². The first-order valence-electron chi connectivity index (χ1n) is 8.96. The van der Waals surface area contributed by atoms with Crippen molar-refractivity contribution in [3.63, 3.8) is 0 Å². The Morgan fingerprint density at radius 2 is 1.76 bits per heavy atom. The van der Waals surface area contributed by atoms with Crippen molar-refractivity contribution in [2.75, 3.05) is 10.6 Å². The highest BCUT2D eigenvalue weighted by molar-refractivity contribution is 9.10. The van der Waals surface area contributed by atoms with Gasteiger partial charge in [0, 0.05) is 15.8 Å². The van der Waals surface area contributed by atoms with Crippen molar-refractivity contribution in [2.24, 2.45) is 0 Å². The number of furan rings is 1. The predicted molar refractivity (Wildman–Crippen MR) is 115 cm³/mol. The molecule has 2 aromatic carbocycles. The molecule has 3 aromatic rings. The van der Waals surface area contributed by atoms with Crippen LogP contribution < -0.4 is 15.4 Å². The van der Waals surface area contributed by atoms with Gasteiger partial charge in [-0.05, 0) is 74.9 Å². The minimum Gasteiger partial charge on any atom is -0.478 e. The fourth-order valence-electron chi connectivity index (χ4n) is 2.55. The Balaban J connectivity index is 1.71. The molecule has 0 saturated carbocycles. The minimum atomic E-state index is -1.10. The number of rotatable bonds is 6. The van der Waals surface area contributed by atoms with Gasteiger partial charge in [0.05, 0.1) is 6.26 Å². The second-order valence-electron chi connectivity index (χ2n) is 6.98. The summed E-state index contributed by atoms with van der Waals surface area (Å²) in [5.74, 6) is 0.123. The summed E-state index contributed by atoms with van der Waals surface area (Å²) in [5.41, 5.74) is 0.876. The number of carbonyl (C=O) groups excluding carboxylic acids is 2. The number of hydrogen-bond donors (Lipinski definition) is 2. The van der Waals surface area contributed by atoms with Gasteiger partial charge in [0.1, 0.15) is 5.75 Å². The zero-order chi connectivity index (χ0) is 21.0. The number of ether oxygens (including phenoxy) is 1. The molecule has 0 radical (unpaired) electrons. The molecule has 0 aliphatic carbocycles. The van der Waals surface area contributed by atoms with E-state index in [1.807, 2.05) is 25.1 Å². The lowest BCUT2D eigenvalue weighted by Gasteiger charge is -2.26. The molecule has 0 aliphatic rings. The van der Waals surface area contributed by atoms with Gasteiger partial charge in [0.25, 0.3) is 11.8 Å². The van der Waals surface area contributed by atoms with Gasteiger partial charge in [-0.2, -0.15) is 0 Å². The largest absolute Gasteiger partial charge is 0.478 e. The number of carbonyl (C=O) groups is 2. The molecule has 2 amide bonds. The minimum absolute atomic E-state index is 0.209. The first-order valence-corrected chi connectivity index (χ1v) is 9.75. The first-order chi connectivity index (χ1) is 13.7. The lowest BCUT2D eigenvalue weighted by atomic mass is 10.1. The van der Waals surface area contributed by atoms with Crippen LogP contribution in [0.25, 0.3) is 0 Å². The Labute approximate surface area is 177 Å². The summed E-state index contributed by atoms with van der Waals surface area (Å²) in [6, 6.07) is 15.8. The van der Waals surface area contributed by atoms with E-state index >= 15 is 0 Å². The van der Waals surface area contributed by atoms with Crippen LogP contribution in [0.15, 0.2) is 69.8 Å². The predicted octanol–water partition coefficient (Wildman–Crippen LogP) is 5.40. The maximum absolute atomic E-state index is 12.8. The highest BCUT2D eigenvalue weighted by Gasteiger charge is 2.30. The molecule has 0 fully saturated rings. The molecule has 0 spiro atoms. The van der Waals surface area contributed by atoms with E-state index in [9.17, 15) is 9.59 Å². The van der Waals surface area contributed by atoms with Crippen LogP contribution in [0.2, 0.25) is 0 Å². The van der Waals surface area contributed by atoms with Crippen LogP contribution in [0.1, 0.15) is 30.0 Å². The SMILES string of the molecule is Cc1ccc(NC(=O)c2ccco2)cc1NC(=O)C(C)(C)Oc1ccc(Br)cc1. The topological polar surface area (TPSA) is 80.6 Å². The standard InChI is InChI=1S/C22H21BrN2O4/c1-14-6-9-16(24-20(26)19-5-4-12-28-19)13-18(14)25-21(27)22(2,3)29-17-10-7-15(23)8-11-17/h4-13H,1-3H3,(H,24,26)(H,25,27). The molecule has 0 saturated heterocycles. The second kappa shape index (κ2) is 8.53. The normalized spacial score (nSPS) is 11.0. The maximum atomic E-state index is 12.8. The molecule has 2 N–H and O–H groups in total. The summed E-state index contributed by atoms with van der Waals surface area (Å²) in [4.78, 5) is 25.0. The molecule has 0 atom stereocenters. The quantitative estimate of drug-likeness (QED) is 0.520. The van der Waals surface area contributed by atoms with E-state index in [2.05, 4.69) is 26.6 Å². The van der Waals surface area contributed by atoms with Gasteiger partial charge in [-0.1, -0.05) is 22.0 Å². The second-order valence-corrected chi connectivity index (χ2v) is 7.90. The summed E-state index contributed by atoms with van der Waals surface area (Å²) in [5, 5.41) is 5.63. The lowest BCUT2D eigenvalue weighted by molar-refractivity contribution is -0.128. The van der Waals surface area contributed by atoms with Crippen LogP contribution in [0.5, 0.6) is 5.75 Å². The first kappa shape index (κ1) is 20.7. The van der Waals surface area contributed by atoms with E-state index < -0.39 is 5.60 Å². The van der Waals surface area contributed by atoms with Gasteiger partial charge < -0.3 is 19.8 Å². The van der Waals surface area contributed by atoms with Crippen molar-refractivity contribution in [1.29, 1.82) is 0 Å². The molecule has 6 nitrogen and oxygen atoms in total. The molecular weight excluding hydrogens is 436 g/mol. The maximum Gasteiger partial charge on any atom is 0.291 e. The van der Waals surface area contributed by atoms with E-state index in [-0.39, 0.29) is 17.6 Å². The average Bonchev–Trinajstić information content (AvgIpc) is 3.21. The van der Waals surface area contributed by atoms with Crippen LogP contribution in [-0.4, -0.2) is 17.4 Å². The number of nitrogens with one attached hydrogen (secondary N) is 2. The molecule has 0 bridgehead atoms. The number of benzene rings is 2. The summed E-state index contributed by atoms with van der Waals surface area (Å²) >= 11 is 3.37. The third-order valence-electron chi connectivity index (χ3n) is 4.22. The number of amides is 2.